The Morgan fingerprint density at radius 1 is 0.824 bits per heavy atom. The molecular weight excluding hydrogens is 204 g/mol. The molecule has 0 aliphatic carbocycles. The quantitative estimate of drug-likeness (QED) is 0.710. The maximum atomic E-state index is 4.02. The summed E-state index contributed by atoms with van der Waals surface area (Å²) in [6, 6.07) is 21.4. The largest absolute Gasteiger partial charge is 0.0622 e. The summed E-state index contributed by atoms with van der Waals surface area (Å²) in [7, 11) is 0. The topological polar surface area (TPSA) is 0 Å². The summed E-state index contributed by atoms with van der Waals surface area (Å²) in [4.78, 5) is 0. The van der Waals surface area contributed by atoms with E-state index in [1.165, 1.54) is 11.1 Å². The zero-order valence-electron chi connectivity index (χ0n) is 10.4. The minimum atomic E-state index is 0.0737. The molecule has 17 heavy (non-hydrogen) atoms. The third kappa shape index (κ3) is 2.41. The van der Waals surface area contributed by atoms with Gasteiger partial charge in [-0.15, -0.1) is 0 Å². The molecule has 0 saturated heterocycles. The van der Waals surface area contributed by atoms with Crippen LogP contribution in [0.2, 0.25) is 0 Å². The fourth-order valence-corrected chi connectivity index (χ4v) is 2.42. The maximum Gasteiger partial charge on any atom is 0.0174 e. The van der Waals surface area contributed by atoms with Gasteiger partial charge in [-0.2, -0.15) is 0 Å². The van der Waals surface area contributed by atoms with Crippen molar-refractivity contribution in [3.63, 3.8) is 0 Å². The summed E-state index contributed by atoms with van der Waals surface area (Å²) in [6.07, 6.45) is 2.02. The Morgan fingerprint density at radius 3 is 1.59 bits per heavy atom. The van der Waals surface area contributed by atoms with Crippen LogP contribution in [0.3, 0.4) is 0 Å². The van der Waals surface area contributed by atoms with Gasteiger partial charge in [0.25, 0.3) is 0 Å². The SMILES string of the molecule is [CH2]CCC(C)(c1ccccc1)c1ccccc1. The minimum absolute atomic E-state index is 0.0737. The molecule has 0 aliphatic heterocycles. The van der Waals surface area contributed by atoms with E-state index < -0.39 is 0 Å². The molecule has 2 aromatic carbocycles. The van der Waals surface area contributed by atoms with Crippen molar-refractivity contribution in [3.05, 3.63) is 78.7 Å². The van der Waals surface area contributed by atoms with Crippen LogP contribution in [-0.4, -0.2) is 0 Å². The fraction of sp³-hybridized carbons (Fsp3) is 0.235. The molecule has 1 radical (unpaired) electrons. The molecule has 0 bridgehead atoms. The van der Waals surface area contributed by atoms with Crippen molar-refractivity contribution in [3.8, 4) is 0 Å². The van der Waals surface area contributed by atoms with Gasteiger partial charge in [0.05, 0.1) is 0 Å². The van der Waals surface area contributed by atoms with E-state index in [1.54, 1.807) is 0 Å². The number of rotatable bonds is 4. The van der Waals surface area contributed by atoms with Gasteiger partial charge in [0.1, 0.15) is 0 Å². The summed E-state index contributed by atoms with van der Waals surface area (Å²) in [6.45, 7) is 6.33. The van der Waals surface area contributed by atoms with Crippen molar-refractivity contribution in [2.45, 2.75) is 25.2 Å². The normalized spacial score (nSPS) is 11.4. The summed E-state index contributed by atoms with van der Waals surface area (Å²) in [5.74, 6) is 0. The lowest BCUT2D eigenvalue weighted by Crippen LogP contribution is -2.23. The van der Waals surface area contributed by atoms with E-state index in [1.807, 2.05) is 0 Å². The number of hydrogen-bond acceptors (Lipinski definition) is 0. The molecule has 2 aromatic rings. The Kier molecular flexibility index (Phi) is 3.63. The predicted octanol–water partition coefficient (Wildman–Crippen LogP) is 4.61. The van der Waals surface area contributed by atoms with Crippen LogP contribution in [0.4, 0.5) is 0 Å². The third-order valence-electron chi connectivity index (χ3n) is 3.50. The molecule has 0 spiro atoms. The van der Waals surface area contributed by atoms with Gasteiger partial charge in [-0.05, 0) is 17.5 Å². The molecular formula is C17H19. The van der Waals surface area contributed by atoms with E-state index in [2.05, 4.69) is 74.5 Å². The maximum absolute atomic E-state index is 4.02. The van der Waals surface area contributed by atoms with Crippen LogP contribution in [0.15, 0.2) is 60.7 Å². The molecule has 87 valence electrons. The zero-order chi connectivity index (χ0) is 12.1. The van der Waals surface area contributed by atoms with Gasteiger partial charge < -0.3 is 0 Å². The molecule has 2 rings (SSSR count). The van der Waals surface area contributed by atoms with Crippen molar-refractivity contribution in [2.75, 3.05) is 0 Å². The first-order valence-electron chi connectivity index (χ1n) is 6.17. The summed E-state index contributed by atoms with van der Waals surface area (Å²) in [5.41, 5.74) is 2.81. The van der Waals surface area contributed by atoms with Crippen molar-refractivity contribution in [1.29, 1.82) is 0 Å². The Labute approximate surface area is 104 Å². The van der Waals surface area contributed by atoms with Gasteiger partial charge in [-0.3, -0.25) is 0 Å². The van der Waals surface area contributed by atoms with Crippen LogP contribution in [0, 0.1) is 6.92 Å². The highest BCUT2D eigenvalue weighted by Crippen LogP contribution is 2.35. The van der Waals surface area contributed by atoms with Crippen LogP contribution in [0.1, 0.15) is 30.9 Å². The highest BCUT2D eigenvalue weighted by Gasteiger charge is 2.27. The Hall–Kier alpha value is -1.56. The summed E-state index contributed by atoms with van der Waals surface area (Å²) in [5, 5.41) is 0. The molecule has 0 atom stereocenters. The van der Waals surface area contributed by atoms with E-state index in [-0.39, 0.29) is 5.41 Å². The third-order valence-corrected chi connectivity index (χ3v) is 3.50. The Balaban J connectivity index is 2.47. The average molecular weight is 223 g/mol. The Morgan fingerprint density at radius 2 is 1.24 bits per heavy atom. The van der Waals surface area contributed by atoms with E-state index in [9.17, 15) is 0 Å². The van der Waals surface area contributed by atoms with Crippen LogP contribution in [-0.2, 0) is 5.41 Å². The second-order valence-electron chi connectivity index (χ2n) is 4.67. The highest BCUT2D eigenvalue weighted by atomic mass is 14.3. The van der Waals surface area contributed by atoms with Gasteiger partial charge in [0, 0.05) is 5.41 Å². The monoisotopic (exact) mass is 223 g/mol. The van der Waals surface area contributed by atoms with Crippen LogP contribution in [0.25, 0.3) is 0 Å². The van der Waals surface area contributed by atoms with Gasteiger partial charge in [0.2, 0.25) is 0 Å². The molecule has 0 heteroatoms. The second-order valence-corrected chi connectivity index (χ2v) is 4.67. The predicted molar refractivity (Wildman–Crippen MR) is 73.9 cm³/mol. The first-order chi connectivity index (χ1) is 8.27. The lowest BCUT2D eigenvalue weighted by atomic mass is 9.73. The molecule has 0 unspecified atom stereocenters. The van der Waals surface area contributed by atoms with E-state index >= 15 is 0 Å². The van der Waals surface area contributed by atoms with Crippen molar-refractivity contribution in [1.82, 2.24) is 0 Å². The molecule has 0 nitrogen and oxygen atoms in total. The van der Waals surface area contributed by atoms with E-state index in [0.717, 1.165) is 12.8 Å². The lowest BCUT2D eigenvalue weighted by Gasteiger charge is -2.30. The molecule has 0 amide bonds. The molecule has 0 saturated carbocycles. The van der Waals surface area contributed by atoms with Crippen molar-refractivity contribution >= 4 is 0 Å². The lowest BCUT2D eigenvalue weighted by molar-refractivity contribution is 0.524. The van der Waals surface area contributed by atoms with Gasteiger partial charge in [-0.25, -0.2) is 0 Å². The molecule has 0 heterocycles. The zero-order valence-corrected chi connectivity index (χ0v) is 10.4. The molecule has 0 aliphatic rings. The van der Waals surface area contributed by atoms with Crippen LogP contribution < -0.4 is 0 Å². The number of benzene rings is 2. The fourth-order valence-electron chi connectivity index (χ4n) is 2.42. The van der Waals surface area contributed by atoms with Crippen LogP contribution in [0.5, 0.6) is 0 Å². The van der Waals surface area contributed by atoms with Gasteiger partial charge in [-0.1, -0.05) is 80.9 Å². The van der Waals surface area contributed by atoms with Crippen molar-refractivity contribution < 1.29 is 0 Å². The average Bonchev–Trinajstić information content (AvgIpc) is 2.41. The van der Waals surface area contributed by atoms with Crippen molar-refractivity contribution in [2.24, 2.45) is 0 Å². The highest BCUT2D eigenvalue weighted by molar-refractivity contribution is 5.38. The van der Waals surface area contributed by atoms with Crippen LogP contribution >= 0.6 is 0 Å². The van der Waals surface area contributed by atoms with E-state index in [0.29, 0.717) is 0 Å². The van der Waals surface area contributed by atoms with E-state index in [4.69, 9.17) is 0 Å². The smallest absolute Gasteiger partial charge is 0.0174 e. The Bertz CT molecular complexity index is 402. The standard InChI is InChI=1S/C17H19/c1-3-14-17(2,15-10-6-4-7-11-15)16-12-8-5-9-13-16/h4-13H,1,3,14H2,2H3. The number of hydrogen-bond donors (Lipinski definition) is 0. The summed E-state index contributed by atoms with van der Waals surface area (Å²) < 4.78 is 0. The van der Waals surface area contributed by atoms with Gasteiger partial charge >= 0.3 is 0 Å². The minimum Gasteiger partial charge on any atom is -0.0622 e. The first-order valence-corrected chi connectivity index (χ1v) is 6.17. The molecule has 0 N–H and O–H groups in total. The summed E-state index contributed by atoms with van der Waals surface area (Å²) >= 11 is 0. The van der Waals surface area contributed by atoms with Gasteiger partial charge in [0.15, 0.2) is 0 Å². The second kappa shape index (κ2) is 5.18. The molecule has 0 fully saturated rings. The molecule has 0 aromatic heterocycles. The first kappa shape index (κ1) is 11.9.